The first-order valence-corrected chi connectivity index (χ1v) is 4.01. The van der Waals surface area contributed by atoms with Crippen molar-refractivity contribution < 1.29 is 4.74 Å². The van der Waals surface area contributed by atoms with E-state index in [-0.39, 0.29) is 5.95 Å². The molecule has 0 bridgehead atoms. The number of ether oxygens (including phenoxy) is 1. The molecule has 0 saturated heterocycles. The molecule has 2 aromatic heterocycles. The maximum Gasteiger partial charge on any atom is 0.224 e. The highest BCUT2D eigenvalue weighted by Crippen LogP contribution is 2.16. The van der Waals surface area contributed by atoms with E-state index in [1.54, 1.807) is 30.6 Å². The van der Waals surface area contributed by atoms with E-state index in [1.165, 1.54) is 6.20 Å². The summed E-state index contributed by atoms with van der Waals surface area (Å²) in [5, 5.41) is 0. The van der Waals surface area contributed by atoms with Gasteiger partial charge in [0.15, 0.2) is 0 Å². The Morgan fingerprint density at radius 3 is 2.86 bits per heavy atom. The van der Waals surface area contributed by atoms with Gasteiger partial charge < -0.3 is 10.5 Å². The van der Waals surface area contributed by atoms with Gasteiger partial charge in [0.25, 0.3) is 0 Å². The average molecular weight is 188 g/mol. The predicted molar refractivity (Wildman–Crippen MR) is 50.8 cm³/mol. The first kappa shape index (κ1) is 8.43. The minimum absolute atomic E-state index is 0.186. The van der Waals surface area contributed by atoms with Gasteiger partial charge in [0, 0.05) is 18.5 Å². The summed E-state index contributed by atoms with van der Waals surface area (Å²) in [4.78, 5) is 11.5. The van der Waals surface area contributed by atoms with Crippen molar-refractivity contribution in [3.63, 3.8) is 0 Å². The van der Waals surface area contributed by atoms with Crippen molar-refractivity contribution in [2.45, 2.75) is 0 Å². The summed E-state index contributed by atoms with van der Waals surface area (Å²) < 4.78 is 5.37. The molecule has 0 aliphatic heterocycles. The molecule has 0 amide bonds. The van der Waals surface area contributed by atoms with Crippen molar-refractivity contribution in [2.75, 3.05) is 5.73 Å². The van der Waals surface area contributed by atoms with E-state index < -0.39 is 0 Å². The number of nitrogens with zero attached hydrogens (tertiary/aromatic N) is 3. The van der Waals surface area contributed by atoms with Gasteiger partial charge in [-0.25, -0.2) is 4.98 Å². The van der Waals surface area contributed by atoms with Crippen molar-refractivity contribution in [3.8, 4) is 11.6 Å². The highest BCUT2D eigenvalue weighted by atomic mass is 16.5. The van der Waals surface area contributed by atoms with E-state index in [9.17, 15) is 0 Å². The molecule has 0 saturated carbocycles. The number of hydrogen-bond donors (Lipinski definition) is 1. The SMILES string of the molecule is Nc1nccc(Oc2cccnc2)n1. The minimum atomic E-state index is 0.186. The second-order valence-corrected chi connectivity index (χ2v) is 2.54. The molecule has 70 valence electrons. The quantitative estimate of drug-likeness (QED) is 0.767. The number of rotatable bonds is 2. The standard InChI is InChI=1S/C9H8N4O/c10-9-12-5-3-8(13-9)14-7-2-1-4-11-6-7/h1-6H,(H2,10,12,13). The topological polar surface area (TPSA) is 73.9 Å². The van der Waals surface area contributed by atoms with E-state index in [2.05, 4.69) is 15.0 Å². The summed E-state index contributed by atoms with van der Waals surface area (Å²) in [5.41, 5.74) is 5.39. The average Bonchev–Trinajstić information content (AvgIpc) is 2.19. The zero-order chi connectivity index (χ0) is 9.80. The number of anilines is 1. The van der Waals surface area contributed by atoms with Crippen LogP contribution in [0.5, 0.6) is 11.6 Å². The summed E-state index contributed by atoms with van der Waals surface area (Å²) in [6.45, 7) is 0. The predicted octanol–water partition coefficient (Wildman–Crippen LogP) is 1.25. The summed E-state index contributed by atoms with van der Waals surface area (Å²) in [6, 6.07) is 5.19. The molecule has 0 aliphatic rings. The van der Waals surface area contributed by atoms with E-state index in [1.807, 2.05) is 0 Å². The van der Waals surface area contributed by atoms with Gasteiger partial charge in [0.1, 0.15) is 5.75 Å². The Bertz CT molecular complexity index is 418. The third-order valence-corrected chi connectivity index (χ3v) is 1.51. The van der Waals surface area contributed by atoms with Crippen LogP contribution >= 0.6 is 0 Å². The molecule has 5 heteroatoms. The van der Waals surface area contributed by atoms with Crippen LogP contribution in [0.15, 0.2) is 36.8 Å². The monoisotopic (exact) mass is 188 g/mol. The fourth-order valence-corrected chi connectivity index (χ4v) is 0.941. The molecule has 0 unspecified atom stereocenters. The van der Waals surface area contributed by atoms with Crippen LogP contribution in [-0.4, -0.2) is 15.0 Å². The fourth-order valence-electron chi connectivity index (χ4n) is 0.941. The van der Waals surface area contributed by atoms with Gasteiger partial charge in [-0.3, -0.25) is 4.98 Å². The van der Waals surface area contributed by atoms with Gasteiger partial charge in [-0.15, -0.1) is 0 Å². The highest BCUT2D eigenvalue weighted by molar-refractivity contribution is 5.26. The Balaban J connectivity index is 2.19. The third-order valence-electron chi connectivity index (χ3n) is 1.51. The molecule has 0 atom stereocenters. The second kappa shape index (κ2) is 3.69. The molecule has 2 heterocycles. The summed E-state index contributed by atoms with van der Waals surface area (Å²) >= 11 is 0. The van der Waals surface area contributed by atoms with Gasteiger partial charge in [0.2, 0.25) is 11.8 Å². The zero-order valence-corrected chi connectivity index (χ0v) is 7.29. The van der Waals surface area contributed by atoms with E-state index in [0.29, 0.717) is 11.6 Å². The Kier molecular flexibility index (Phi) is 2.22. The van der Waals surface area contributed by atoms with Crippen molar-refractivity contribution >= 4 is 5.95 Å². The number of hydrogen-bond acceptors (Lipinski definition) is 5. The van der Waals surface area contributed by atoms with Crippen LogP contribution < -0.4 is 10.5 Å². The van der Waals surface area contributed by atoms with Gasteiger partial charge in [-0.1, -0.05) is 0 Å². The lowest BCUT2D eigenvalue weighted by atomic mass is 10.5. The number of nitrogen functional groups attached to an aromatic ring is 1. The third kappa shape index (κ3) is 1.95. The summed E-state index contributed by atoms with van der Waals surface area (Å²) in [6.07, 6.45) is 4.80. The summed E-state index contributed by atoms with van der Waals surface area (Å²) in [7, 11) is 0. The zero-order valence-electron chi connectivity index (χ0n) is 7.29. The molecule has 0 aliphatic carbocycles. The molecule has 2 N–H and O–H groups in total. The largest absolute Gasteiger partial charge is 0.437 e. The Morgan fingerprint density at radius 1 is 1.21 bits per heavy atom. The maximum absolute atomic E-state index is 5.39. The lowest BCUT2D eigenvalue weighted by Gasteiger charge is -2.02. The van der Waals surface area contributed by atoms with Crippen LogP contribution in [0.2, 0.25) is 0 Å². The molecule has 0 aromatic carbocycles. The molecule has 2 aromatic rings. The van der Waals surface area contributed by atoms with Crippen LogP contribution in [0, 0.1) is 0 Å². The second-order valence-electron chi connectivity index (χ2n) is 2.54. The molecule has 14 heavy (non-hydrogen) atoms. The lowest BCUT2D eigenvalue weighted by molar-refractivity contribution is 0.460. The van der Waals surface area contributed by atoms with E-state index >= 15 is 0 Å². The van der Waals surface area contributed by atoms with Crippen LogP contribution in [0.3, 0.4) is 0 Å². The maximum atomic E-state index is 5.39. The van der Waals surface area contributed by atoms with Crippen LogP contribution in [0.25, 0.3) is 0 Å². The molecule has 5 nitrogen and oxygen atoms in total. The normalized spacial score (nSPS) is 9.71. The van der Waals surface area contributed by atoms with Crippen LogP contribution in [0.4, 0.5) is 5.95 Å². The fraction of sp³-hybridized carbons (Fsp3) is 0. The summed E-state index contributed by atoms with van der Waals surface area (Å²) in [5.74, 6) is 1.21. The number of pyridine rings is 1. The Hall–Kier alpha value is -2.17. The van der Waals surface area contributed by atoms with Gasteiger partial charge in [-0.2, -0.15) is 4.98 Å². The van der Waals surface area contributed by atoms with Crippen molar-refractivity contribution in [1.29, 1.82) is 0 Å². The first-order valence-electron chi connectivity index (χ1n) is 4.01. The molecule has 0 radical (unpaired) electrons. The van der Waals surface area contributed by atoms with Crippen LogP contribution in [0.1, 0.15) is 0 Å². The highest BCUT2D eigenvalue weighted by Gasteiger charge is 1.98. The lowest BCUT2D eigenvalue weighted by Crippen LogP contribution is -1.95. The molecule has 2 rings (SSSR count). The van der Waals surface area contributed by atoms with E-state index in [4.69, 9.17) is 10.5 Å². The molecule has 0 spiro atoms. The smallest absolute Gasteiger partial charge is 0.224 e. The van der Waals surface area contributed by atoms with Crippen molar-refractivity contribution in [3.05, 3.63) is 36.8 Å². The Morgan fingerprint density at radius 2 is 2.14 bits per heavy atom. The Labute approximate surface area is 80.6 Å². The molecular weight excluding hydrogens is 180 g/mol. The molecule has 0 fully saturated rings. The van der Waals surface area contributed by atoms with E-state index in [0.717, 1.165) is 0 Å². The van der Waals surface area contributed by atoms with Gasteiger partial charge in [0.05, 0.1) is 6.20 Å². The first-order chi connectivity index (χ1) is 6.84. The minimum Gasteiger partial charge on any atom is -0.437 e. The number of nitrogens with two attached hydrogens (primary N) is 1. The van der Waals surface area contributed by atoms with Crippen molar-refractivity contribution in [2.24, 2.45) is 0 Å². The van der Waals surface area contributed by atoms with Crippen LogP contribution in [-0.2, 0) is 0 Å². The van der Waals surface area contributed by atoms with Gasteiger partial charge >= 0.3 is 0 Å². The number of aromatic nitrogens is 3. The van der Waals surface area contributed by atoms with Crippen molar-refractivity contribution in [1.82, 2.24) is 15.0 Å². The molecular formula is C9H8N4O. The van der Waals surface area contributed by atoms with Gasteiger partial charge in [-0.05, 0) is 12.1 Å².